The number of aromatic nitrogens is 2. The quantitative estimate of drug-likeness (QED) is 0.780. The van der Waals surface area contributed by atoms with Crippen LogP contribution in [0.4, 0.5) is 0 Å². The minimum Gasteiger partial charge on any atom is -0.337 e. The highest BCUT2D eigenvalue weighted by molar-refractivity contribution is 5.92. The van der Waals surface area contributed by atoms with Gasteiger partial charge in [-0.2, -0.15) is 5.10 Å². The number of carbonyl (C=O) groups excluding carboxylic acids is 1. The van der Waals surface area contributed by atoms with Gasteiger partial charge in [-0.3, -0.25) is 9.48 Å². The van der Waals surface area contributed by atoms with Crippen molar-refractivity contribution in [3.05, 3.63) is 18.0 Å². The molecule has 0 aliphatic carbocycles. The fourth-order valence-electron chi connectivity index (χ4n) is 2.06. The van der Waals surface area contributed by atoms with Crippen LogP contribution >= 0.6 is 0 Å². The predicted octanol–water partition coefficient (Wildman–Crippen LogP) is 0.244. The van der Waals surface area contributed by atoms with E-state index in [2.05, 4.69) is 10.4 Å². The molecule has 2 heterocycles. The Bertz CT molecular complexity index is 366. The van der Waals surface area contributed by atoms with E-state index < -0.39 is 0 Å². The molecule has 0 saturated carbocycles. The van der Waals surface area contributed by atoms with Gasteiger partial charge in [-0.05, 0) is 26.0 Å². The van der Waals surface area contributed by atoms with Gasteiger partial charge in [-0.25, -0.2) is 0 Å². The molecule has 0 spiro atoms. The zero-order valence-corrected chi connectivity index (χ0v) is 9.81. The molecule has 1 aromatic rings. The van der Waals surface area contributed by atoms with Crippen LogP contribution in [0.3, 0.4) is 0 Å². The first kappa shape index (κ1) is 11.1. The van der Waals surface area contributed by atoms with E-state index in [9.17, 15) is 4.79 Å². The monoisotopic (exact) mass is 222 g/mol. The first-order valence-electron chi connectivity index (χ1n) is 5.67. The predicted molar refractivity (Wildman–Crippen MR) is 61.2 cm³/mol. The summed E-state index contributed by atoms with van der Waals surface area (Å²) in [5.41, 5.74) is 0.547. The summed E-state index contributed by atoms with van der Waals surface area (Å²) in [6.45, 7) is 1.64. The van der Waals surface area contributed by atoms with Gasteiger partial charge in [-0.15, -0.1) is 0 Å². The molecule has 1 saturated heterocycles. The smallest absolute Gasteiger partial charge is 0.274 e. The number of amides is 1. The summed E-state index contributed by atoms with van der Waals surface area (Å²) < 4.78 is 1.66. The van der Waals surface area contributed by atoms with Crippen molar-refractivity contribution in [3.8, 4) is 0 Å². The molecule has 1 aromatic heterocycles. The topological polar surface area (TPSA) is 50.2 Å². The van der Waals surface area contributed by atoms with Crippen LogP contribution in [-0.4, -0.2) is 46.8 Å². The third-order valence-corrected chi connectivity index (χ3v) is 3.12. The molecular formula is C11H18N4O. The summed E-state index contributed by atoms with van der Waals surface area (Å²) in [5.74, 6) is 0.0511. The van der Waals surface area contributed by atoms with Crippen molar-refractivity contribution in [1.29, 1.82) is 0 Å². The van der Waals surface area contributed by atoms with E-state index in [0.717, 1.165) is 25.9 Å². The van der Waals surface area contributed by atoms with Crippen molar-refractivity contribution in [2.45, 2.75) is 18.9 Å². The second kappa shape index (κ2) is 4.65. The lowest BCUT2D eigenvalue weighted by molar-refractivity contribution is 0.0700. The Morgan fingerprint density at radius 1 is 1.50 bits per heavy atom. The van der Waals surface area contributed by atoms with Crippen molar-refractivity contribution in [2.24, 2.45) is 7.05 Å². The van der Waals surface area contributed by atoms with E-state index in [-0.39, 0.29) is 5.91 Å². The van der Waals surface area contributed by atoms with E-state index >= 15 is 0 Å². The van der Waals surface area contributed by atoms with E-state index in [1.54, 1.807) is 16.9 Å². The number of carbonyl (C=O) groups is 1. The highest BCUT2D eigenvalue weighted by Gasteiger charge is 2.23. The van der Waals surface area contributed by atoms with Gasteiger partial charge >= 0.3 is 0 Å². The zero-order valence-electron chi connectivity index (χ0n) is 9.81. The summed E-state index contributed by atoms with van der Waals surface area (Å²) in [4.78, 5) is 13.9. The van der Waals surface area contributed by atoms with E-state index in [0.29, 0.717) is 11.7 Å². The number of piperidine rings is 1. The molecule has 1 N–H and O–H groups in total. The molecular weight excluding hydrogens is 204 g/mol. The highest BCUT2D eigenvalue weighted by Crippen LogP contribution is 2.12. The minimum absolute atomic E-state index is 0.0511. The number of rotatable bonds is 2. The van der Waals surface area contributed by atoms with Gasteiger partial charge in [-0.1, -0.05) is 0 Å². The molecule has 1 fully saturated rings. The molecule has 0 aromatic carbocycles. The summed E-state index contributed by atoms with van der Waals surface area (Å²) in [6.07, 6.45) is 3.84. The van der Waals surface area contributed by atoms with E-state index in [1.807, 2.05) is 19.0 Å². The summed E-state index contributed by atoms with van der Waals surface area (Å²) >= 11 is 0. The number of hydrogen-bond donors (Lipinski definition) is 1. The molecule has 0 unspecified atom stereocenters. The van der Waals surface area contributed by atoms with Crippen LogP contribution in [0, 0.1) is 0 Å². The Hall–Kier alpha value is -1.36. The van der Waals surface area contributed by atoms with Gasteiger partial charge in [0, 0.05) is 32.4 Å². The molecule has 2 rings (SSSR count). The average molecular weight is 222 g/mol. The first-order chi connectivity index (χ1) is 7.70. The molecule has 5 nitrogen and oxygen atoms in total. The van der Waals surface area contributed by atoms with E-state index in [4.69, 9.17) is 0 Å². The molecule has 0 bridgehead atoms. The number of nitrogens with one attached hydrogen (secondary N) is 1. The minimum atomic E-state index is 0.0511. The average Bonchev–Trinajstić information content (AvgIpc) is 2.75. The van der Waals surface area contributed by atoms with Gasteiger partial charge in [0.15, 0.2) is 0 Å². The molecule has 1 aliphatic rings. The maximum Gasteiger partial charge on any atom is 0.274 e. The molecule has 0 radical (unpaired) electrons. The van der Waals surface area contributed by atoms with Gasteiger partial charge in [0.05, 0.1) is 0 Å². The van der Waals surface area contributed by atoms with Gasteiger partial charge < -0.3 is 10.2 Å². The second-order valence-corrected chi connectivity index (χ2v) is 4.23. The van der Waals surface area contributed by atoms with Gasteiger partial charge in [0.1, 0.15) is 5.69 Å². The van der Waals surface area contributed by atoms with Crippen LogP contribution in [-0.2, 0) is 7.05 Å². The Morgan fingerprint density at radius 2 is 2.19 bits per heavy atom. The van der Waals surface area contributed by atoms with Crippen molar-refractivity contribution >= 4 is 5.91 Å². The van der Waals surface area contributed by atoms with Crippen LogP contribution < -0.4 is 5.32 Å². The van der Waals surface area contributed by atoms with Crippen molar-refractivity contribution in [2.75, 3.05) is 20.1 Å². The van der Waals surface area contributed by atoms with Crippen molar-refractivity contribution < 1.29 is 4.79 Å². The Morgan fingerprint density at radius 3 is 2.69 bits per heavy atom. The third-order valence-electron chi connectivity index (χ3n) is 3.12. The van der Waals surface area contributed by atoms with Crippen LogP contribution in [0.5, 0.6) is 0 Å². The third kappa shape index (κ3) is 2.24. The second-order valence-electron chi connectivity index (χ2n) is 4.23. The number of nitrogens with zero attached hydrogens (tertiary/aromatic N) is 3. The molecule has 1 amide bonds. The van der Waals surface area contributed by atoms with Crippen LogP contribution in [0.2, 0.25) is 0 Å². The Kier molecular flexibility index (Phi) is 3.24. The summed E-state index contributed by atoms with van der Waals surface area (Å²) in [6, 6.07) is 2.32. The number of aryl methyl sites for hydroxylation is 1. The molecule has 16 heavy (non-hydrogen) atoms. The molecule has 5 heteroatoms. The van der Waals surface area contributed by atoms with Gasteiger partial charge in [0.2, 0.25) is 0 Å². The van der Waals surface area contributed by atoms with Gasteiger partial charge in [0.25, 0.3) is 5.91 Å². The molecule has 88 valence electrons. The maximum atomic E-state index is 12.0. The van der Waals surface area contributed by atoms with E-state index in [1.165, 1.54) is 0 Å². The lowest BCUT2D eigenvalue weighted by atomic mass is 10.1. The summed E-state index contributed by atoms with van der Waals surface area (Å²) in [5, 5.41) is 7.38. The lowest BCUT2D eigenvalue weighted by Crippen LogP contribution is -2.44. The first-order valence-corrected chi connectivity index (χ1v) is 5.67. The fraction of sp³-hybridized carbons (Fsp3) is 0.636. The molecule has 1 aliphatic heterocycles. The normalized spacial score (nSPS) is 17.8. The lowest BCUT2D eigenvalue weighted by Gasteiger charge is -2.31. The largest absolute Gasteiger partial charge is 0.337 e. The zero-order chi connectivity index (χ0) is 11.5. The van der Waals surface area contributed by atoms with Crippen LogP contribution in [0.1, 0.15) is 23.3 Å². The maximum absolute atomic E-state index is 12.0. The Labute approximate surface area is 95.4 Å². The Balaban J connectivity index is 1.96. The number of hydrogen-bond acceptors (Lipinski definition) is 3. The standard InChI is InChI=1S/C11H18N4O/c1-12-9-3-7-15(8-4-9)11(16)10-5-6-14(2)13-10/h5-6,9,12H,3-4,7-8H2,1-2H3. The van der Waals surface area contributed by atoms with Crippen LogP contribution in [0.15, 0.2) is 12.3 Å². The number of likely N-dealkylation sites (tertiary alicyclic amines) is 1. The fourth-order valence-corrected chi connectivity index (χ4v) is 2.06. The highest BCUT2D eigenvalue weighted by atomic mass is 16.2. The molecule has 0 atom stereocenters. The summed E-state index contributed by atoms with van der Waals surface area (Å²) in [7, 11) is 3.80. The van der Waals surface area contributed by atoms with Crippen molar-refractivity contribution in [3.63, 3.8) is 0 Å². The van der Waals surface area contributed by atoms with Crippen LogP contribution in [0.25, 0.3) is 0 Å². The SMILES string of the molecule is CNC1CCN(C(=O)c2ccn(C)n2)CC1. The van der Waals surface area contributed by atoms with Crippen molar-refractivity contribution in [1.82, 2.24) is 20.0 Å².